The molecule has 0 aliphatic rings. The van der Waals surface area contributed by atoms with Gasteiger partial charge in [0, 0.05) is 23.7 Å². The quantitative estimate of drug-likeness (QED) is 0.587. The minimum Gasteiger partial charge on any atom is -0.403 e. The molecule has 3 aromatic carbocycles. The second-order valence-corrected chi connectivity index (χ2v) is 6.13. The molecule has 0 unspecified atom stereocenters. The molecule has 0 radical (unpaired) electrons. The molecule has 0 aliphatic carbocycles. The lowest BCUT2D eigenvalue weighted by Gasteiger charge is -2.12. The lowest BCUT2D eigenvalue weighted by Crippen LogP contribution is -2.07. The van der Waals surface area contributed by atoms with Crippen molar-refractivity contribution in [1.82, 2.24) is 4.98 Å². The fourth-order valence-corrected chi connectivity index (χ4v) is 2.97. The Balaban J connectivity index is 1.90. The van der Waals surface area contributed by atoms with E-state index >= 15 is 0 Å². The predicted octanol–water partition coefficient (Wildman–Crippen LogP) is 4.48. The number of fused-ring (bicyclic) bond motifs is 1. The molecule has 132 valence electrons. The zero-order valence-corrected chi connectivity index (χ0v) is 14.6. The molecule has 0 fully saturated rings. The molecule has 0 aliphatic heterocycles. The van der Waals surface area contributed by atoms with Crippen molar-refractivity contribution in [3.8, 4) is 22.6 Å². The third kappa shape index (κ3) is 3.35. The average molecular weight is 356 g/mol. The zero-order chi connectivity index (χ0) is 18.8. The largest absolute Gasteiger partial charge is 0.403 e. The highest BCUT2D eigenvalue weighted by molar-refractivity contribution is 5.95. The number of carbonyl (C=O) groups is 1. The third-order valence-electron chi connectivity index (χ3n) is 4.20. The van der Waals surface area contributed by atoms with Gasteiger partial charge in [-0.05, 0) is 35.9 Å². The van der Waals surface area contributed by atoms with Gasteiger partial charge in [-0.15, -0.1) is 0 Å². The number of rotatable bonds is 3. The number of aromatic nitrogens is 1. The summed E-state index contributed by atoms with van der Waals surface area (Å²) in [7, 11) is 0. The van der Waals surface area contributed by atoms with E-state index in [0.717, 1.165) is 11.1 Å². The maximum atomic E-state index is 12.3. The van der Waals surface area contributed by atoms with Gasteiger partial charge in [-0.2, -0.15) is 0 Å². The van der Waals surface area contributed by atoms with Crippen LogP contribution in [0.25, 0.3) is 33.5 Å². The van der Waals surface area contributed by atoms with Crippen LogP contribution in [0.2, 0.25) is 0 Å². The molecule has 0 bridgehead atoms. The number of anilines is 1. The van der Waals surface area contributed by atoms with E-state index in [9.17, 15) is 9.59 Å². The standard InChI is InChI=1S/C22H16N2O3/c1-14(25)23-20-12-11-16(13-18(20)15-7-3-2-4-8-15)21-24-19-10-6-5-9-17(19)22(26)27-21/h2-13H,1H3,(H,23,25). The molecule has 1 heterocycles. The first-order valence-corrected chi connectivity index (χ1v) is 8.49. The van der Waals surface area contributed by atoms with Crippen LogP contribution in [0.5, 0.6) is 0 Å². The number of amides is 1. The van der Waals surface area contributed by atoms with Crippen LogP contribution < -0.4 is 10.9 Å². The lowest BCUT2D eigenvalue weighted by atomic mass is 10.0. The number of benzene rings is 3. The van der Waals surface area contributed by atoms with E-state index in [1.54, 1.807) is 30.3 Å². The third-order valence-corrected chi connectivity index (χ3v) is 4.20. The highest BCUT2D eigenvalue weighted by Crippen LogP contribution is 2.32. The normalized spacial score (nSPS) is 10.7. The number of nitrogens with zero attached hydrogens (tertiary/aromatic N) is 1. The van der Waals surface area contributed by atoms with Crippen molar-refractivity contribution in [2.45, 2.75) is 6.92 Å². The van der Waals surface area contributed by atoms with E-state index in [1.165, 1.54) is 6.92 Å². The van der Waals surface area contributed by atoms with Gasteiger partial charge in [-0.3, -0.25) is 4.79 Å². The average Bonchev–Trinajstić information content (AvgIpc) is 2.68. The minimum atomic E-state index is -0.428. The van der Waals surface area contributed by atoms with Gasteiger partial charge >= 0.3 is 5.63 Å². The van der Waals surface area contributed by atoms with Crippen LogP contribution in [-0.2, 0) is 4.79 Å². The van der Waals surface area contributed by atoms with Crippen LogP contribution in [-0.4, -0.2) is 10.9 Å². The van der Waals surface area contributed by atoms with E-state index in [2.05, 4.69) is 10.3 Å². The number of hydrogen-bond donors (Lipinski definition) is 1. The van der Waals surface area contributed by atoms with E-state index in [-0.39, 0.29) is 11.8 Å². The maximum absolute atomic E-state index is 12.3. The van der Waals surface area contributed by atoms with Crippen molar-refractivity contribution in [2.24, 2.45) is 0 Å². The van der Waals surface area contributed by atoms with Crippen molar-refractivity contribution < 1.29 is 9.21 Å². The Bertz CT molecular complexity index is 1200. The van der Waals surface area contributed by atoms with E-state index < -0.39 is 5.63 Å². The van der Waals surface area contributed by atoms with Crippen molar-refractivity contribution in [3.05, 3.63) is 83.2 Å². The summed E-state index contributed by atoms with van der Waals surface area (Å²) in [4.78, 5) is 28.3. The SMILES string of the molecule is CC(=O)Nc1ccc(-c2nc3ccccc3c(=O)o2)cc1-c1ccccc1. The van der Waals surface area contributed by atoms with Gasteiger partial charge in [0.05, 0.1) is 10.9 Å². The molecule has 4 rings (SSSR count). The lowest BCUT2D eigenvalue weighted by molar-refractivity contribution is -0.114. The molecule has 1 aromatic heterocycles. The molecular weight excluding hydrogens is 340 g/mol. The van der Waals surface area contributed by atoms with Crippen LogP contribution >= 0.6 is 0 Å². The molecule has 0 spiro atoms. The van der Waals surface area contributed by atoms with Crippen LogP contribution in [0.4, 0.5) is 5.69 Å². The summed E-state index contributed by atoms with van der Waals surface area (Å²) < 4.78 is 5.43. The first kappa shape index (κ1) is 16.7. The topological polar surface area (TPSA) is 72.2 Å². The Morgan fingerprint density at radius 2 is 1.67 bits per heavy atom. The van der Waals surface area contributed by atoms with Gasteiger partial charge in [-0.25, -0.2) is 9.78 Å². The maximum Gasteiger partial charge on any atom is 0.347 e. The number of nitrogens with one attached hydrogen (secondary N) is 1. The Morgan fingerprint density at radius 3 is 2.44 bits per heavy atom. The van der Waals surface area contributed by atoms with Gasteiger partial charge < -0.3 is 9.73 Å². The van der Waals surface area contributed by atoms with Gasteiger partial charge in [0.15, 0.2) is 0 Å². The molecule has 27 heavy (non-hydrogen) atoms. The number of hydrogen-bond acceptors (Lipinski definition) is 4. The Hall–Kier alpha value is -3.73. The molecule has 1 N–H and O–H groups in total. The monoisotopic (exact) mass is 356 g/mol. The second-order valence-electron chi connectivity index (χ2n) is 6.13. The van der Waals surface area contributed by atoms with Crippen molar-refractivity contribution in [1.29, 1.82) is 0 Å². The van der Waals surface area contributed by atoms with Crippen LogP contribution in [0.15, 0.2) is 82.0 Å². The zero-order valence-electron chi connectivity index (χ0n) is 14.6. The summed E-state index contributed by atoms with van der Waals surface area (Å²) in [5.74, 6) is 0.0838. The highest BCUT2D eigenvalue weighted by atomic mass is 16.4. The molecular formula is C22H16N2O3. The highest BCUT2D eigenvalue weighted by Gasteiger charge is 2.13. The fraction of sp³-hybridized carbons (Fsp3) is 0.0455. The smallest absolute Gasteiger partial charge is 0.347 e. The molecule has 0 saturated heterocycles. The predicted molar refractivity (Wildman–Crippen MR) is 105 cm³/mol. The number of para-hydroxylation sites is 1. The van der Waals surface area contributed by atoms with E-state index in [1.807, 2.05) is 42.5 Å². The van der Waals surface area contributed by atoms with Gasteiger partial charge in [0.1, 0.15) is 0 Å². The summed E-state index contributed by atoms with van der Waals surface area (Å²) in [6.07, 6.45) is 0. The van der Waals surface area contributed by atoms with Gasteiger partial charge in [-0.1, -0.05) is 42.5 Å². The van der Waals surface area contributed by atoms with Gasteiger partial charge in [0.25, 0.3) is 0 Å². The first-order valence-electron chi connectivity index (χ1n) is 8.49. The first-order chi connectivity index (χ1) is 13.1. The summed E-state index contributed by atoms with van der Waals surface area (Å²) in [6, 6.07) is 22.2. The molecule has 5 nitrogen and oxygen atoms in total. The number of carbonyl (C=O) groups excluding carboxylic acids is 1. The van der Waals surface area contributed by atoms with Crippen molar-refractivity contribution in [2.75, 3.05) is 5.32 Å². The molecule has 5 heteroatoms. The summed E-state index contributed by atoms with van der Waals surface area (Å²) >= 11 is 0. The molecule has 1 amide bonds. The Morgan fingerprint density at radius 1 is 0.926 bits per heavy atom. The van der Waals surface area contributed by atoms with Crippen molar-refractivity contribution in [3.63, 3.8) is 0 Å². The molecule has 0 atom stereocenters. The summed E-state index contributed by atoms with van der Waals surface area (Å²) in [6.45, 7) is 1.46. The Kier molecular flexibility index (Phi) is 4.26. The summed E-state index contributed by atoms with van der Waals surface area (Å²) in [5, 5.41) is 3.28. The van der Waals surface area contributed by atoms with Gasteiger partial charge in [0.2, 0.25) is 11.8 Å². The van der Waals surface area contributed by atoms with Crippen molar-refractivity contribution >= 4 is 22.5 Å². The minimum absolute atomic E-state index is 0.157. The van der Waals surface area contributed by atoms with Crippen LogP contribution in [0, 0.1) is 0 Å². The Labute approximate surface area is 155 Å². The van der Waals surface area contributed by atoms with E-state index in [4.69, 9.17) is 4.42 Å². The second kappa shape index (κ2) is 6.88. The fourth-order valence-electron chi connectivity index (χ4n) is 2.97. The molecule has 4 aromatic rings. The van der Waals surface area contributed by atoms with Crippen LogP contribution in [0.1, 0.15) is 6.92 Å². The van der Waals surface area contributed by atoms with Crippen LogP contribution in [0.3, 0.4) is 0 Å². The summed E-state index contributed by atoms with van der Waals surface area (Å²) in [5.41, 5.74) is 3.25. The molecule has 0 saturated carbocycles. The van der Waals surface area contributed by atoms with E-state index in [0.29, 0.717) is 22.2 Å².